The summed E-state index contributed by atoms with van der Waals surface area (Å²) in [5.41, 5.74) is 9.93. The van der Waals surface area contributed by atoms with Crippen LogP contribution >= 0.6 is 0 Å². The molecule has 0 fully saturated rings. The molecule has 1 aromatic carbocycles. The fourth-order valence-corrected chi connectivity index (χ4v) is 3.23. The van der Waals surface area contributed by atoms with E-state index < -0.39 is 0 Å². The molecule has 0 radical (unpaired) electrons. The van der Waals surface area contributed by atoms with E-state index in [1.165, 1.54) is 36.4 Å². The normalized spacial score (nSPS) is 17.3. The van der Waals surface area contributed by atoms with Gasteiger partial charge in [0.2, 0.25) is 0 Å². The number of aryl methyl sites for hydroxylation is 1. The molecular weight excluding hydrogens is 265 g/mol. The summed E-state index contributed by atoms with van der Waals surface area (Å²) in [6, 6.07) is 6.72. The Hall–Kier alpha value is -1.68. The highest BCUT2D eigenvalue weighted by atomic mass is 19.1. The Kier molecular flexibility index (Phi) is 4.06. The van der Waals surface area contributed by atoms with Gasteiger partial charge < -0.3 is 10.3 Å². The van der Waals surface area contributed by atoms with Crippen LogP contribution < -0.4 is 5.73 Å². The number of nitrogens with zero attached hydrogens (tertiary/aromatic N) is 2. The molecular formula is C17H22FN3. The number of hydrogen-bond donors (Lipinski definition) is 1. The Balaban J connectivity index is 2.03. The summed E-state index contributed by atoms with van der Waals surface area (Å²) in [7, 11) is 0. The zero-order valence-electron chi connectivity index (χ0n) is 12.4. The van der Waals surface area contributed by atoms with E-state index in [4.69, 9.17) is 5.73 Å². The maximum atomic E-state index is 13.2. The van der Waals surface area contributed by atoms with Gasteiger partial charge in [-0.2, -0.15) is 0 Å². The van der Waals surface area contributed by atoms with E-state index in [0.29, 0.717) is 0 Å². The van der Waals surface area contributed by atoms with Crippen LogP contribution in [0, 0.1) is 5.82 Å². The first-order valence-corrected chi connectivity index (χ1v) is 7.76. The Labute approximate surface area is 125 Å². The van der Waals surface area contributed by atoms with E-state index in [0.717, 1.165) is 24.8 Å². The Bertz CT molecular complexity index is 603. The zero-order chi connectivity index (χ0) is 14.8. The molecule has 0 saturated carbocycles. The summed E-state index contributed by atoms with van der Waals surface area (Å²) in [5.74, 6) is -0.213. The SMILES string of the molecule is CCC(N)C(c1ccc(F)cc1)n1cnc2c1CCCC2. The van der Waals surface area contributed by atoms with E-state index in [2.05, 4.69) is 16.5 Å². The lowest BCUT2D eigenvalue weighted by molar-refractivity contribution is 0.441. The van der Waals surface area contributed by atoms with Crippen molar-refractivity contribution < 1.29 is 4.39 Å². The minimum Gasteiger partial charge on any atom is -0.326 e. The summed E-state index contributed by atoms with van der Waals surface area (Å²) in [4.78, 5) is 4.57. The van der Waals surface area contributed by atoms with Crippen LogP contribution in [0.4, 0.5) is 4.39 Å². The smallest absolute Gasteiger partial charge is 0.123 e. The Morgan fingerprint density at radius 2 is 1.95 bits per heavy atom. The zero-order valence-corrected chi connectivity index (χ0v) is 12.4. The van der Waals surface area contributed by atoms with Gasteiger partial charge in [0, 0.05) is 11.7 Å². The van der Waals surface area contributed by atoms with Gasteiger partial charge in [-0.25, -0.2) is 9.37 Å². The van der Waals surface area contributed by atoms with E-state index in [-0.39, 0.29) is 17.9 Å². The van der Waals surface area contributed by atoms with Crippen LogP contribution in [0.5, 0.6) is 0 Å². The molecule has 3 rings (SSSR count). The molecule has 3 nitrogen and oxygen atoms in total. The lowest BCUT2D eigenvalue weighted by Gasteiger charge is -2.28. The molecule has 0 spiro atoms. The highest BCUT2D eigenvalue weighted by Gasteiger charge is 2.25. The van der Waals surface area contributed by atoms with Crippen LogP contribution in [0.25, 0.3) is 0 Å². The monoisotopic (exact) mass is 287 g/mol. The molecule has 0 bridgehead atoms. The van der Waals surface area contributed by atoms with E-state index in [1.54, 1.807) is 0 Å². The van der Waals surface area contributed by atoms with Gasteiger partial charge in [0.05, 0.1) is 18.1 Å². The number of imidazole rings is 1. The first kappa shape index (κ1) is 14.3. The van der Waals surface area contributed by atoms with Gasteiger partial charge in [0.15, 0.2) is 0 Å². The molecule has 2 N–H and O–H groups in total. The minimum absolute atomic E-state index is 0.00399. The Morgan fingerprint density at radius 1 is 1.24 bits per heavy atom. The van der Waals surface area contributed by atoms with Crippen molar-refractivity contribution >= 4 is 0 Å². The lowest BCUT2D eigenvalue weighted by atomic mass is 9.95. The number of halogens is 1. The van der Waals surface area contributed by atoms with Crippen molar-refractivity contribution in [2.75, 3.05) is 0 Å². The molecule has 1 aliphatic carbocycles. The maximum absolute atomic E-state index is 13.2. The number of fused-ring (bicyclic) bond motifs is 1. The van der Waals surface area contributed by atoms with Crippen molar-refractivity contribution in [1.29, 1.82) is 0 Å². The second-order valence-electron chi connectivity index (χ2n) is 5.82. The predicted molar refractivity (Wildman–Crippen MR) is 81.7 cm³/mol. The maximum Gasteiger partial charge on any atom is 0.123 e. The van der Waals surface area contributed by atoms with Crippen LogP contribution in [-0.4, -0.2) is 15.6 Å². The highest BCUT2D eigenvalue weighted by molar-refractivity contribution is 5.26. The van der Waals surface area contributed by atoms with Crippen molar-refractivity contribution in [1.82, 2.24) is 9.55 Å². The van der Waals surface area contributed by atoms with Crippen LogP contribution in [0.15, 0.2) is 30.6 Å². The van der Waals surface area contributed by atoms with Crippen LogP contribution in [0.3, 0.4) is 0 Å². The number of hydrogen-bond acceptors (Lipinski definition) is 2. The third-order valence-corrected chi connectivity index (χ3v) is 4.45. The number of nitrogens with two attached hydrogens (primary N) is 1. The van der Waals surface area contributed by atoms with Gasteiger partial charge in [0.25, 0.3) is 0 Å². The first-order chi connectivity index (χ1) is 10.2. The second-order valence-corrected chi connectivity index (χ2v) is 5.82. The van der Waals surface area contributed by atoms with Crippen molar-refractivity contribution in [2.24, 2.45) is 5.73 Å². The van der Waals surface area contributed by atoms with Crippen LogP contribution in [0.2, 0.25) is 0 Å². The quantitative estimate of drug-likeness (QED) is 0.938. The molecule has 1 aromatic heterocycles. The molecule has 4 heteroatoms. The molecule has 0 aliphatic heterocycles. The lowest BCUT2D eigenvalue weighted by Crippen LogP contribution is -2.33. The standard InChI is InChI=1S/C17H22FN3/c1-2-14(19)17(12-7-9-13(18)10-8-12)21-11-20-15-5-3-4-6-16(15)21/h7-11,14,17H,2-6,19H2,1H3. The predicted octanol–water partition coefficient (Wildman–Crippen LogP) is 3.23. The third-order valence-electron chi connectivity index (χ3n) is 4.45. The number of benzene rings is 1. The van der Waals surface area contributed by atoms with Gasteiger partial charge in [-0.05, 0) is 49.8 Å². The minimum atomic E-state index is -0.213. The topological polar surface area (TPSA) is 43.8 Å². The highest BCUT2D eigenvalue weighted by Crippen LogP contribution is 2.29. The van der Waals surface area contributed by atoms with Crippen molar-refractivity contribution in [3.63, 3.8) is 0 Å². The van der Waals surface area contributed by atoms with E-state index >= 15 is 0 Å². The number of rotatable bonds is 4. The Morgan fingerprint density at radius 3 is 2.67 bits per heavy atom. The largest absolute Gasteiger partial charge is 0.326 e. The fourth-order valence-electron chi connectivity index (χ4n) is 3.23. The molecule has 2 aromatic rings. The number of aromatic nitrogens is 2. The first-order valence-electron chi connectivity index (χ1n) is 7.76. The van der Waals surface area contributed by atoms with Crippen LogP contribution in [0.1, 0.15) is 49.2 Å². The molecule has 2 unspecified atom stereocenters. The summed E-state index contributed by atoms with van der Waals surface area (Å²) in [5, 5.41) is 0. The average molecular weight is 287 g/mol. The van der Waals surface area contributed by atoms with Crippen LogP contribution in [-0.2, 0) is 12.8 Å². The summed E-state index contributed by atoms with van der Waals surface area (Å²) in [6.07, 6.45) is 7.32. The van der Waals surface area contributed by atoms with Gasteiger partial charge >= 0.3 is 0 Å². The van der Waals surface area contributed by atoms with Gasteiger partial charge in [-0.15, -0.1) is 0 Å². The van der Waals surface area contributed by atoms with E-state index in [1.807, 2.05) is 18.5 Å². The molecule has 0 saturated heterocycles. The third kappa shape index (κ3) is 2.72. The molecule has 112 valence electrons. The average Bonchev–Trinajstić information content (AvgIpc) is 2.93. The summed E-state index contributed by atoms with van der Waals surface area (Å²) < 4.78 is 15.4. The van der Waals surface area contributed by atoms with Gasteiger partial charge in [-0.3, -0.25) is 0 Å². The molecule has 21 heavy (non-hydrogen) atoms. The van der Waals surface area contributed by atoms with Gasteiger partial charge in [-0.1, -0.05) is 19.1 Å². The summed E-state index contributed by atoms with van der Waals surface area (Å²) in [6.45, 7) is 2.09. The van der Waals surface area contributed by atoms with Crippen molar-refractivity contribution in [3.05, 3.63) is 53.4 Å². The molecule has 1 heterocycles. The molecule has 2 atom stereocenters. The molecule has 0 amide bonds. The summed E-state index contributed by atoms with van der Waals surface area (Å²) >= 11 is 0. The fraction of sp³-hybridized carbons (Fsp3) is 0.471. The van der Waals surface area contributed by atoms with Gasteiger partial charge in [0.1, 0.15) is 5.82 Å². The second kappa shape index (κ2) is 5.98. The molecule has 1 aliphatic rings. The van der Waals surface area contributed by atoms with Crippen molar-refractivity contribution in [2.45, 2.75) is 51.1 Å². The van der Waals surface area contributed by atoms with E-state index in [9.17, 15) is 4.39 Å². The van der Waals surface area contributed by atoms with Crippen molar-refractivity contribution in [3.8, 4) is 0 Å².